The van der Waals surface area contributed by atoms with E-state index in [2.05, 4.69) is 34.0 Å². The molecule has 1 N–H and O–H groups in total. The van der Waals surface area contributed by atoms with Crippen LogP contribution in [0.1, 0.15) is 5.56 Å². The van der Waals surface area contributed by atoms with Crippen LogP contribution in [0.3, 0.4) is 0 Å². The molecular weight excluding hydrogens is 308 g/mol. The van der Waals surface area contributed by atoms with Crippen LogP contribution in [0.15, 0.2) is 18.2 Å². The van der Waals surface area contributed by atoms with Crippen molar-refractivity contribution in [3.8, 4) is 0 Å². The molecule has 0 saturated carbocycles. The van der Waals surface area contributed by atoms with Crippen LogP contribution < -0.4 is 5.32 Å². The fraction of sp³-hybridized carbons (Fsp3) is 0.250. The monoisotopic (exact) mass is 317 g/mol. The highest BCUT2D eigenvalue weighted by Gasteiger charge is 2.00. The van der Waals surface area contributed by atoms with Crippen LogP contribution in [0.4, 0.5) is 0 Å². The lowest BCUT2D eigenvalue weighted by Crippen LogP contribution is -2.06. The van der Waals surface area contributed by atoms with E-state index in [0.29, 0.717) is 0 Å². The van der Waals surface area contributed by atoms with Gasteiger partial charge in [0.05, 0.1) is 5.02 Å². The van der Waals surface area contributed by atoms with E-state index in [0.717, 1.165) is 15.1 Å². The number of halogens is 3. The standard InChI is InChI=1S/C8H9ClIN.ClH/c1-11-5-6-3-2-4-7(9)8(6)10;/h2-4,11H,5H2,1H3;1H. The van der Waals surface area contributed by atoms with Crippen molar-refractivity contribution < 1.29 is 0 Å². The van der Waals surface area contributed by atoms with E-state index in [9.17, 15) is 0 Å². The Balaban J connectivity index is 0.00000121. The van der Waals surface area contributed by atoms with Crippen LogP contribution in [0.25, 0.3) is 0 Å². The van der Waals surface area contributed by atoms with Crippen molar-refractivity contribution in [3.05, 3.63) is 32.4 Å². The molecule has 0 bridgehead atoms. The molecule has 4 heteroatoms. The van der Waals surface area contributed by atoms with Gasteiger partial charge in [0, 0.05) is 10.1 Å². The van der Waals surface area contributed by atoms with Gasteiger partial charge in [-0.05, 0) is 41.3 Å². The number of hydrogen-bond acceptors (Lipinski definition) is 1. The molecule has 1 rings (SSSR count). The molecule has 0 atom stereocenters. The third-order valence-corrected chi connectivity index (χ3v) is 3.31. The second-order valence-corrected chi connectivity index (χ2v) is 3.73. The lowest BCUT2D eigenvalue weighted by molar-refractivity contribution is 0.814. The van der Waals surface area contributed by atoms with Gasteiger partial charge < -0.3 is 5.32 Å². The van der Waals surface area contributed by atoms with Gasteiger partial charge in [0.15, 0.2) is 0 Å². The van der Waals surface area contributed by atoms with Gasteiger partial charge in [-0.25, -0.2) is 0 Å². The molecule has 0 aliphatic rings. The Morgan fingerprint density at radius 1 is 1.50 bits per heavy atom. The molecule has 0 heterocycles. The smallest absolute Gasteiger partial charge is 0.0542 e. The Kier molecular flexibility index (Phi) is 6.27. The first-order valence-corrected chi connectivity index (χ1v) is 4.79. The maximum atomic E-state index is 5.91. The summed E-state index contributed by atoms with van der Waals surface area (Å²) < 4.78 is 1.14. The van der Waals surface area contributed by atoms with Gasteiger partial charge in [-0.15, -0.1) is 12.4 Å². The fourth-order valence-corrected chi connectivity index (χ4v) is 1.62. The maximum Gasteiger partial charge on any atom is 0.0542 e. The van der Waals surface area contributed by atoms with Crippen LogP contribution in [0.2, 0.25) is 5.02 Å². The summed E-state index contributed by atoms with van der Waals surface area (Å²) in [4.78, 5) is 0. The van der Waals surface area contributed by atoms with Crippen molar-refractivity contribution in [2.75, 3.05) is 7.05 Å². The Morgan fingerprint density at radius 3 is 2.75 bits per heavy atom. The van der Waals surface area contributed by atoms with Crippen molar-refractivity contribution >= 4 is 46.6 Å². The van der Waals surface area contributed by atoms with E-state index < -0.39 is 0 Å². The summed E-state index contributed by atoms with van der Waals surface area (Å²) >= 11 is 8.17. The number of nitrogens with one attached hydrogen (secondary N) is 1. The first kappa shape index (κ1) is 12.5. The fourth-order valence-electron chi connectivity index (χ4n) is 0.875. The second-order valence-electron chi connectivity index (χ2n) is 2.24. The van der Waals surface area contributed by atoms with E-state index in [1.54, 1.807) is 0 Å². The largest absolute Gasteiger partial charge is 0.316 e. The molecule has 1 nitrogen and oxygen atoms in total. The maximum absolute atomic E-state index is 5.91. The second kappa shape index (κ2) is 6.02. The minimum Gasteiger partial charge on any atom is -0.316 e. The van der Waals surface area contributed by atoms with Gasteiger partial charge in [0.1, 0.15) is 0 Å². The third kappa shape index (κ3) is 3.09. The Morgan fingerprint density at radius 2 is 2.17 bits per heavy atom. The highest BCUT2D eigenvalue weighted by Crippen LogP contribution is 2.21. The number of hydrogen-bond donors (Lipinski definition) is 1. The lowest BCUT2D eigenvalue weighted by atomic mass is 10.2. The quantitative estimate of drug-likeness (QED) is 0.827. The minimum absolute atomic E-state index is 0. The molecule has 0 fully saturated rings. The van der Waals surface area contributed by atoms with E-state index in [-0.39, 0.29) is 12.4 Å². The van der Waals surface area contributed by atoms with Gasteiger partial charge >= 0.3 is 0 Å². The van der Waals surface area contributed by atoms with Crippen molar-refractivity contribution in [3.63, 3.8) is 0 Å². The van der Waals surface area contributed by atoms with Gasteiger partial charge in [-0.3, -0.25) is 0 Å². The third-order valence-electron chi connectivity index (χ3n) is 1.40. The molecule has 0 unspecified atom stereocenters. The SMILES string of the molecule is CNCc1cccc(Cl)c1I.Cl. The Labute approximate surface area is 97.4 Å². The van der Waals surface area contributed by atoms with Crippen molar-refractivity contribution in [1.82, 2.24) is 5.32 Å². The molecule has 0 aliphatic heterocycles. The summed E-state index contributed by atoms with van der Waals surface area (Å²) in [6.07, 6.45) is 0. The topological polar surface area (TPSA) is 12.0 Å². The molecule has 12 heavy (non-hydrogen) atoms. The van der Waals surface area contributed by atoms with Gasteiger partial charge in [0.25, 0.3) is 0 Å². The molecule has 68 valence electrons. The lowest BCUT2D eigenvalue weighted by Gasteiger charge is -2.03. The highest BCUT2D eigenvalue weighted by atomic mass is 127. The van der Waals surface area contributed by atoms with E-state index >= 15 is 0 Å². The molecular formula is C8H10Cl2IN. The molecule has 1 aromatic rings. The van der Waals surface area contributed by atoms with E-state index in [1.807, 2.05) is 19.2 Å². The van der Waals surface area contributed by atoms with Crippen LogP contribution in [0, 0.1) is 3.57 Å². The summed E-state index contributed by atoms with van der Waals surface area (Å²) in [7, 11) is 1.93. The van der Waals surface area contributed by atoms with Gasteiger partial charge in [-0.2, -0.15) is 0 Å². The normalized spacial score (nSPS) is 9.25. The average molecular weight is 318 g/mol. The van der Waals surface area contributed by atoms with Crippen molar-refractivity contribution in [2.24, 2.45) is 0 Å². The number of rotatable bonds is 2. The molecule has 0 aromatic heterocycles. The summed E-state index contributed by atoms with van der Waals surface area (Å²) in [5, 5.41) is 3.92. The van der Waals surface area contributed by atoms with Gasteiger partial charge in [0.2, 0.25) is 0 Å². The van der Waals surface area contributed by atoms with Gasteiger partial charge in [-0.1, -0.05) is 23.7 Å². The van der Waals surface area contributed by atoms with E-state index in [4.69, 9.17) is 11.6 Å². The summed E-state index contributed by atoms with van der Waals surface area (Å²) in [5.74, 6) is 0. The first-order chi connectivity index (χ1) is 5.25. The predicted molar refractivity (Wildman–Crippen MR) is 64.2 cm³/mol. The average Bonchev–Trinajstić information content (AvgIpc) is 1.99. The number of benzene rings is 1. The summed E-state index contributed by atoms with van der Waals surface area (Å²) in [6, 6.07) is 5.95. The first-order valence-electron chi connectivity index (χ1n) is 3.33. The Bertz CT molecular complexity index is 253. The van der Waals surface area contributed by atoms with Crippen LogP contribution in [-0.4, -0.2) is 7.05 Å². The van der Waals surface area contributed by atoms with E-state index in [1.165, 1.54) is 5.56 Å². The van der Waals surface area contributed by atoms with Crippen LogP contribution in [-0.2, 0) is 6.54 Å². The van der Waals surface area contributed by atoms with Crippen molar-refractivity contribution in [1.29, 1.82) is 0 Å². The summed E-state index contributed by atoms with van der Waals surface area (Å²) in [6.45, 7) is 0.874. The zero-order valence-corrected chi connectivity index (χ0v) is 10.3. The summed E-state index contributed by atoms with van der Waals surface area (Å²) in [5.41, 5.74) is 1.25. The molecule has 0 amide bonds. The predicted octanol–water partition coefficient (Wildman–Crippen LogP) is 3.09. The molecule has 0 aliphatic carbocycles. The molecule has 0 spiro atoms. The molecule has 0 saturated heterocycles. The van der Waals surface area contributed by atoms with Crippen molar-refractivity contribution in [2.45, 2.75) is 6.54 Å². The molecule has 1 aromatic carbocycles. The van der Waals surface area contributed by atoms with Crippen LogP contribution >= 0.6 is 46.6 Å². The minimum atomic E-state index is 0. The zero-order chi connectivity index (χ0) is 8.27. The molecule has 0 radical (unpaired) electrons. The highest BCUT2D eigenvalue weighted by molar-refractivity contribution is 14.1. The van der Waals surface area contributed by atoms with Crippen LogP contribution in [0.5, 0.6) is 0 Å². The zero-order valence-electron chi connectivity index (χ0n) is 6.60. The Hall–Kier alpha value is 0.490.